The molecule has 7 nitrogen and oxygen atoms in total. The van der Waals surface area contributed by atoms with Crippen molar-refractivity contribution in [2.24, 2.45) is 0 Å². The average Bonchev–Trinajstić information content (AvgIpc) is 2.49. The van der Waals surface area contributed by atoms with Gasteiger partial charge in [0.05, 0.1) is 5.69 Å². The predicted molar refractivity (Wildman–Crippen MR) is 87.3 cm³/mol. The maximum Gasteiger partial charge on any atom is 0.261 e. The monoisotopic (exact) mass is 369 g/mol. The number of hydrogen-bond donors (Lipinski definition) is 3. The molecule has 0 aliphatic heterocycles. The van der Waals surface area contributed by atoms with Gasteiger partial charge in [-0.25, -0.2) is 0 Å². The molecule has 2 rings (SSSR count). The number of carbonyl (C=O) groups is 1. The van der Waals surface area contributed by atoms with Gasteiger partial charge in [-0.1, -0.05) is 19.3 Å². The van der Waals surface area contributed by atoms with Crippen LogP contribution in [0.25, 0.3) is 0 Å². The summed E-state index contributed by atoms with van der Waals surface area (Å²) >= 11 is 0. The van der Waals surface area contributed by atoms with Crippen LogP contribution in [0.2, 0.25) is 0 Å². The van der Waals surface area contributed by atoms with E-state index in [9.17, 15) is 14.7 Å². The number of aromatic nitrogens is 1. The summed E-state index contributed by atoms with van der Waals surface area (Å²) in [6.07, 6.45) is 6.45. The Morgan fingerprint density at radius 1 is 1.38 bits per heavy atom. The quantitative estimate of drug-likeness (QED) is 0.660. The van der Waals surface area contributed by atoms with Crippen LogP contribution in [0, 0.1) is 13.5 Å². The van der Waals surface area contributed by atoms with Gasteiger partial charge < -0.3 is 39.9 Å². The molecule has 1 radical (unpaired) electrons. The van der Waals surface area contributed by atoms with Crippen molar-refractivity contribution in [2.45, 2.75) is 44.1 Å². The minimum absolute atomic E-state index is 0. The number of carbonyl (C=O) groups excluding carboxylic acids is 1. The summed E-state index contributed by atoms with van der Waals surface area (Å²) in [5.74, 6) is -0.492. The maximum absolute atomic E-state index is 12.1. The summed E-state index contributed by atoms with van der Waals surface area (Å²) in [4.78, 5) is 26.6. The standard InChI is InChI=1S/C16H20N2O3.2H2O.Sc/c1-3-10(2)17-15(20)12-9-13(19)14(18-16(12)21)11-7-5-4-6-8-11;;;/h1,3,9-11,19H,2,4-8H2,(H,17,20)(H,18,21);2*1H2;/q-2;;;/t10-;;;/m0.../s1. The SMILES string of the molecule is O.O.[CH-]=C[C@H]([CH2-])NC(=O)c1cc(O)c(C2CCCCC2)[nH]c1=O.[Sc]. The van der Waals surface area contributed by atoms with E-state index in [0.717, 1.165) is 25.7 Å². The van der Waals surface area contributed by atoms with Crippen LogP contribution in [0.15, 0.2) is 16.9 Å². The molecule has 1 aromatic rings. The second kappa shape index (κ2) is 11.3. The molecule has 1 heterocycles. The first kappa shape index (κ1) is 25.0. The van der Waals surface area contributed by atoms with E-state index < -0.39 is 17.5 Å². The minimum Gasteiger partial charge on any atom is -0.519 e. The summed E-state index contributed by atoms with van der Waals surface area (Å²) in [6.45, 7) is 8.83. The first-order chi connectivity index (χ1) is 10.0. The van der Waals surface area contributed by atoms with Gasteiger partial charge in [-0.05, 0) is 12.8 Å². The van der Waals surface area contributed by atoms with Gasteiger partial charge in [-0.3, -0.25) is 15.7 Å². The van der Waals surface area contributed by atoms with Crippen LogP contribution in [0.5, 0.6) is 5.75 Å². The first-order valence-electron chi connectivity index (χ1n) is 7.18. The van der Waals surface area contributed by atoms with Crippen molar-refractivity contribution in [3.63, 3.8) is 0 Å². The van der Waals surface area contributed by atoms with E-state index in [1.54, 1.807) is 0 Å². The molecule has 1 aliphatic carbocycles. The Balaban J connectivity index is 0. The molecule has 0 aromatic carbocycles. The van der Waals surface area contributed by atoms with Gasteiger partial charge in [0.2, 0.25) is 0 Å². The topological polar surface area (TPSA) is 145 Å². The molecule has 24 heavy (non-hydrogen) atoms. The average molecular weight is 369 g/mol. The van der Waals surface area contributed by atoms with Crippen molar-refractivity contribution in [1.82, 2.24) is 10.3 Å². The normalized spacial score (nSPS) is 15.0. The summed E-state index contributed by atoms with van der Waals surface area (Å²) in [5.41, 5.74) is -0.106. The van der Waals surface area contributed by atoms with Crippen LogP contribution >= 0.6 is 0 Å². The van der Waals surface area contributed by atoms with Crippen LogP contribution in [0.3, 0.4) is 0 Å². The number of H-pyrrole nitrogens is 1. The second-order valence-electron chi connectivity index (χ2n) is 5.42. The third-order valence-corrected chi connectivity index (χ3v) is 3.86. The molecule has 7 N–H and O–H groups in total. The van der Waals surface area contributed by atoms with E-state index in [4.69, 9.17) is 6.58 Å². The molecular formula is C16H24N2O5Sc-2. The fourth-order valence-electron chi connectivity index (χ4n) is 2.70. The van der Waals surface area contributed by atoms with Gasteiger partial charge in [-0.2, -0.15) is 0 Å². The molecule has 1 aromatic heterocycles. The van der Waals surface area contributed by atoms with Crippen molar-refractivity contribution >= 4 is 5.91 Å². The number of hydrogen-bond acceptors (Lipinski definition) is 3. The van der Waals surface area contributed by atoms with Gasteiger partial charge >= 0.3 is 0 Å². The third-order valence-electron chi connectivity index (χ3n) is 3.86. The molecule has 8 heteroatoms. The molecule has 1 atom stereocenters. The zero-order chi connectivity index (χ0) is 15.4. The maximum atomic E-state index is 12.1. The fraction of sp³-hybridized carbons (Fsp3) is 0.438. The third kappa shape index (κ3) is 5.99. The Labute approximate surface area is 160 Å². The molecule has 1 saturated carbocycles. The van der Waals surface area contributed by atoms with Crippen molar-refractivity contribution in [3.05, 3.63) is 47.3 Å². The summed E-state index contributed by atoms with van der Waals surface area (Å²) in [6, 6.07) is 0.624. The molecular weight excluding hydrogens is 345 g/mol. The van der Waals surface area contributed by atoms with E-state index >= 15 is 0 Å². The van der Waals surface area contributed by atoms with E-state index in [1.807, 2.05) is 0 Å². The zero-order valence-electron chi connectivity index (χ0n) is 13.5. The number of amides is 1. The molecule has 0 spiro atoms. The van der Waals surface area contributed by atoms with Crippen molar-refractivity contribution in [3.8, 4) is 5.75 Å². The largest absolute Gasteiger partial charge is 0.519 e. The summed E-state index contributed by atoms with van der Waals surface area (Å²) < 4.78 is 0. The zero-order valence-corrected chi connectivity index (χ0v) is 15.3. The van der Waals surface area contributed by atoms with Crippen molar-refractivity contribution in [1.29, 1.82) is 0 Å². The van der Waals surface area contributed by atoms with Gasteiger partial charge in [0.15, 0.2) is 0 Å². The molecule has 0 bridgehead atoms. The Morgan fingerprint density at radius 3 is 2.50 bits per heavy atom. The van der Waals surface area contributed by atoms with Gasteiger partial charge in [0, 0.05) is 37.8 Å². The molecule has 1 fully saturated rings. The van der Waals surface area contributed by atoms with Crippen LogP contribution in [-0.4, -0.2) is 33.0 Å². The number of aromatic hydroxyl groups is 1. The minimum atomic E-state index is -0.608. The molecule has 0 saturated heterocycles. The van der Waals surface area contributed by atoms with E-state index in [0.29, 0.717) is 5.69 Å². The smallest absolute Gasteiger partial charge is 0.261 e. The fourth-order valence-corrected chi connectivity index (χ4v) is 2.70. The number of pyridine rings is 1. The Hall–Kier alpha value is -1.25. The van der Waals surface area contributed by atoms with E-state index in [2.05, 4.69) is 17.2 Å². The Morgan fingerprint density at radius 2 is 1.96 bits per heavy atom. The molecule has 133 valence electrons. The van der Waals surface area contributed by atoms with Crippen LogP contribution in [-0.2, 0) is 25.8 Å². The van der Waals surface area contributed by atoms with Crippen molar-refractivity contribution in [2.75, 3.05) is 0 Å². The number of nitrogens with one attached hydrogen (secondary N) is 2. The first-order valence-corrected chi connectivity index (χ1v) is 7.18. The van der Waals surface area contributed by atoms with E-state index in [-0.39, 0.29) is 54.0 Å². The molecule has 0 unspecified atom stereocenters. The van der Waals surface area contributed by atoms with Crippen molar-refractivity contribution < 1.29 is 46.7 Å². The second-order valence-corrected chi connectivity index (χ2v) is 5.42. The van der Waals surface area contributed by atoms with Crippen LogP contribution in [0.1, 0.15) is 54.1 Å². The number of rotatable bonds is 4. The number of aromatic amines is 1. The molecule has 1 aliphatic rings. The predicted octanol–water partition coefficient (Wildman–Crippen LogP) is 0.398. The Kier molecular flexibility index (Phi) is 11.8. The summed E-state index contributed by atoms with van der Waals surface area (Å²) in [5, 5.41) is 12.6. The van der Waals surface area contributed by atoms with Crippen LogP contribution < -0.4 is 10.9 Å². The summed E-state index contributed by atoms with van der Waals surface area (Å²) in [7, 11) is 0. The van der Waals surface area contributed by atoms with Gasteiger partial charge in [0.1, 0.15) is 11.3 Å². The van der Waals surface area contributed by atoms with Gasteiger partial charge in [0.25, 0.3) is 11.5 Å². The van der Waals surface area contributed by atoms with Crippen LogP contribution in [0.4, 0.5) is 0 Å². The van der Waals surface area contributed by atoms with Gasteiger partial charge in [-0.15, -0.1) is 6.04 Å². The Bertz CT molecular complexity index is 597. The molecule has 1 amide bonds. The van der Waals surface area contributed by atoms with E-state index in [1.165, 1.54) is 18.6 Å².